The van der Waals surface area contributed by atoms with E-state index in [0.29, 0.717) is 16.1 Å². The molecule has 3 rings (SSSR count). The van der Waals surface area contributed by atoms with Crippen LogP contribution in [-0.2, 0) is 0 Å². The predicted molar refractivity (Wildman–Crippen MR) is 73.4 cm³/mol. The summed E-state index contributed by atoms with van der Waals surface area (Å²) in [6.07, 6.45) is 0. The summed E-state index contributed by atoms with van der Waals surface area (Å²) in [5.74, 6) is -1.23. The van der Waals surface area contributed by atoms with Crippen molar-refractivity contribution in [2.24, 2.45) is 0 Å². The third-order valence-corrected chi connectivity index (χ3v) is 2.92. The van der Waals surface area contributed by atoms with E-state index < -0.39 is 11.7 Å². The van der Waals surface area contributed by atoms with Crippen molar-refractivity contribution in [3.05, 3.63) is 58.9 Å². The van der Waals surface area contributed by atoms with Gasteiger partial charge in [0.1, 0.15) is 11.3 Å². The molecular weight excluding hydrogens is 283 g/mol. The van der Waals surface area contributed by atoms with Gasteiger partial charge < -0.3 is 4.42 Å². The molecule has 0 radical (unpaired) electrons. The van der Waals surface area contributed by atoms with Crippen molar-refractivity contribution in [3.63, 3.8) is 0 Å². The van der Waals surface area contributed by atoms with Gasteiger partial charge >= 0.3 is 6.01 Å². The van der Waals surface area contributed by atoms with E-state index in [0.717, 1.165) is 0 Å². The van der Waals surface area contributed by atoms with Gasteiger partial charge in [-0.3, -0.25) is 10.1 Å². The summed E-state index contributed by atoms with van der Waals surface area (Å²) in [5, 5.41) is 2.92. The lowest BCUT2D eigenvalue weighted by Crippen LogP contribution is -2.13. The lowest BCUT2D eigenvalue weighted by Gasteiger charge is -2.01. The standard InChI is InChI=1S/C14H8ClFN2O2/c15-8-5-6-12-11(7-8)17-14(20-12)18-13(19)9-3-1-2-4-10(9)16/h1-7H,(H,17,18,19). The van der Waals surface area contributed by atoms with Crippen LogP contribution in [0.15, 0.2) is 46.9 Å². The summed E-state index contributed by atoms with van der Waals surface area (Å²) in [5.41, 5.74) is 0.923. The molecule has 0 spiro atoms. The van der Waals surface area contributed by atoms with Crippen LogP contribution in [0.4, 0.5) is 10.4 Å². The molecule has 1 N–H and O–H groups in total. The van der Waals surface area contributed by atoms with E-state index in [-0.39, 0.29) is 11.6 Å². The minimum absolute atomic E-state index is 0.00415. The largest absolute Gasteiger partial charge is 0.423 e. The van der Waals surface area contributed by atoms with Gasteiger partial charge in [-0.05, 0) is 30.3 Å². The normalized spacial score (nSPS) is 10.7. The molecule has 0 bridgehead atoms. The zero-order valence-electron chi connectivity index (χ0n) is 10.1. The molecule has 20 heavy (non-hydrogen) atoms. The maximum Gasteiger partial charge on any atom is 0.302 e. The average Bonchev–Trinajstić information content (AvgIpc) is 2.80. The van der Waals surface area contributed by atoms with Crippen LogP contribution in [0, 0.1) is 5.82 Å². The molecule has 0 saturated carbocycles. The Kier molecular flexibility index (Phi) is 3.12. The van der Waals surface area contributed by atoms with Gasteiger partial charge in [-0.25, -0.2) is 4.39 Å². The second kappa shape index (κ2) is 4.94. The van der Waals surface area contributed by atoms with E-state index in [2.05, 4.69) is 10.3 Å². The lowest BCUT2D eigenvalue weighted by molar-refractivity contribution is 0.102. The number of oxazole rings is 1. The van der Waals surface area contributed by atoms with Crippen LogP contribution in [0.5, 0.6) is 0 Å². The number of rotatable bonds is 2. The van der Waals surface area contributed by atoms with Gasteiger partial charge in [-0.1, -0.05) is 23.7 Å². The first-order valence-electron chi connectivity index (χ1n) is 5.75. The van der Waals surface area contributed by atoms with Crippen molar-refractivity contribution >= 4 is 34.6 Å². The Morgan fingerprint density at radius 3 is 2.85 bits per heavy atom. The number of anilines is 1. The maximum absolute atomic E-state index is 13.5. The topological polar surface area (TPSA) is 55.1 Å². The Bertz CT molecular complexity index is 801. The van der Waals surface area contributed by atoms with Crippen LogP contribution < -0.4 is 5.32 Å². The van der Waals surface area contributed by atoms with Crippen LogP contribution in [-0.4, -0.2) is 10.9 Å². The Morgan fingerprint density at radius 1 is 1.25 bits per heavy atom. The lowest BCUT2D eigenvalue weighted by atomic mass is 10.2. The molecule has 2 aromatic carbocycles. The first kappa shape index (κ1) is 12.6. The molecule has 4 nitrogen and oxygen atoms in total. The fourth-order valence-electron chi connectivity index (χ4n) is 1.76. The molecule has 6 heteroatoms. The van der Waals surface area contributed by atoms with E-state index in [1.54, 1.807) is 24.3 Å². The number of carbonyl (C=O) groups is 1. The van der Waals surface area contributed by atoms with Gasteiger partial charge in [0.05, 0.1) is 5.56 Å². The van der Waals surface area contributed by atoms with Gasteiger partial charge in [0.2, 0.25) is 0 Å². The number of nitrogens with one attached hydrogen (secondary N) is 1. The monoisotopic (exact) mass is 290 g/mol. The molecule has 0 aliphatic heterocycles. The molecule has 1 heterocycles. The fourth-order valence-corrected chi connectivity index (χ4v) is 1.93. The van der Waals surface area contributed by atoms with Crippen molar-refractivity contribution in [2.75, 3.05) is 5.32 Å². The molecule has 100 valence electrons. The smallest absolute Gasteiger partial charge is 0.302 e. The number of fused-ring (bicyclic) bond motifs is 1. The summed E-state index contributed by atoms with van der Waals surface area (Å²) >= 11 is 5.83. The summed E-state index contributed by atoms with van der Waals surface area (Å²) in [7, 11) is 0. The number of hydrogen-bond acceptors (Lipinski definition) is 3. The number of carbonyl (C=O) groups excluding carboxylic acids is 1. The van der Waals surface area contributed by atoms with E-state index in [4.69, 9.17) is 16.0 Å². The predicted octanol–water partition coefficient (Wildman–Crippen LogP) is 3.87. The quantitative estimate of drug-likeness (QED) is 0.779. The zero-order chi connectivity index (χ0) is 14.1. The fraction of sp³-hybridized carbons (Fsp3) is 0. The summed E-state index contributed by atoms with van der Waals surface area (Å²) in [6.45, 7) is 0. The third kappa shape index (κ3) is 2.35. The molecule has 1 amide bonds. The molecule has 0 aliphatic carbocycles. The number of hydrogen-bond donors (Lipinski definition) is 1. The Morgan fingerprint density at radius 2 is 2.05 bits per heavy atom. The minimum atomic E-state index is -0.624. The van der Waals surface area contributed by atoms with Gasteiger partial charge in [0.25, 0.3) is 5.91 Å². The molecule has 1 aromatic heterocycles. The Hall–Kier alpha value is -2.40. The molecule has 0 saturated heterocycles. The van der Waals surface area contributed by atoms with Gasteiger partial charge in [0.15, 0.2) is 5.58 Å². The molecule has 0 unspecified atom stereocenters. The van der Waals surface area contributed by atoms with Crippen molar-refractivity contribution in [1.82, 2.24) is 4.98 Å². The SMILES string of the molecule is O=C(Nc1nc2cc(Cl)ccc2o1)c1ccccc1F. The van der Waals surface area contributed by atoms with Gasteiger partial charge in [-0.2, -0.15) is 4.98 Å². The number of benzene rings is 2. The molecule has 0 aliphatic rings. The Balaban J connectivity index is 1.89. The number of amides is 1. The van der Waals surface area contributed by atoms with Crippen LogP contribution in [0.25, 0.3) is 11.1 Å². The van der Waals surface area contributed by atoms with Crippen LogP contribution in [0.2, 0.25) is 5.02 Å². The zero-order valence-corrected chi connectivity index (χ0v) is 10.8. The van der Waals surface area contributed by atoms with E-state index in [1.165, 1.54) is 18.2 Å². The van der Waals surface area contributed by atoms with Crippen molar-refractivity contribution < 1.29 is 13.6 Å². The summed E-state index contributed by atoms with van der Waals surface area (Å²) in [6, 6.07) is 10.6. The van der Waals surface area contributed by atoms with E-state index in [9.17, 15) is 9.18 Å². The van der Waals surface area contributed by atoms with Crippen LogP contribution in [0.3, 0.4) is 0 Å². The highest BCUT2D eigenvalue weighted by molar-refractivity contribution is 6.31. The highest BCUT2D eigenvalue weighted by Crippen LogP contribution is 2.22. The molecule has 3 aromatic rings. The van der Waals surface area contributed by atoms with Gasteiger partial charge in [-0.15, -0.1) is 0 Å². The van der Waals surface area contributed by atoms with Crippen LogP contribution in [0.1, 0.15) is 10.4 Å². The second-order valence-corrected chi connectivity index (χ2v) is 4.50. The summed E-state index contributed by atoms with van der Waals surface area (Å²) < 4.78 is 18.8. The first-order chi connectivity index (χ1) is 9.63. The van der Waals surface area contributed by atoms with Gasteiger partial charge in [0, 0.05) is 5.02 Å². The average molecular weight is 291 g/mol. The number of nitrogens with zero attached hydrogens (tertiary/aromatic N) is 1. The van der Waals surface area contributed by atoms with Crippen molar-refractivity contribution in [1.29, 1.82) is 0 Å². The number of halogens is 2. The molecule has 0 atom stereocenters. The first-order valence-corrected chi connectivity index (χ1v) is 6.13. The van der Waals surface area contributed by atoms with Crippen LogP contribution >= 0.6 is 11.6 Å². The Labute approximate surface area is 118 Å². The summed E-state index contributed by atoms with van der Waals surface area (Å²) in [4.78, 5) is 16.0. The number of aromatic nitrogens is 1. The highest BCUT2D eigenvalue weighted by Gasteiger charge is 2.14. The maximum atomic E-state index is 13.5. The molecule has 0 fully saturated rings. The van der Waals surface area contributed by atoms with E-state index >= 15 is 0 Å². The molecular formula is C14H8ClFN2O2. The van der Waals surface area contributed by atoms with Crippen molar-refractivity contribution in [3.8, 4) is 0 Å². The second-order valence-electron chi connectivity index (χ2n) is 4.07. The minimum Gasteiger partial charge on any atom is -0.423 e. The van der Waals surface area contributed by atoms with Crippen molar-refractivity contribution in [2.45, 2.75) is 0 Å². The third-order valence-electron chi connectivity index (χ3n) is 2.69. The highest BCUT2D eigenvalue weighted by atomic mass is 35.5. The van der Waals surface area contributed by atoms with E-state index in [1.807, 2.05) is 0 Å².